The summed E-state index contributed by atoms with van der Waals surface area (Å²) in [5.74, 6) is 0.868. The third kappa shape index (κ3) is 3.30. The first kappa shape index (κ1) is 12.6. The van der Waals surface area contributed by atoms with Crippen molar-refractivity contribution >= 4 is 5.69 Å². The number of rotatable bonds is 6. The Morgan fingerprint density at radius 1 is 1.22 bits per heavy atom. The first-order valence-corrected chi connectivity index (χ1v) is 6.08. The van der Waals surface area contributed by atoms with E-state index < -0.39 is 0 Å². The van der Waals surface area contributed by atoms with Gasteiger partial charge in [-0.25, -0.2) is 9.67 Å². The maximum atomic E-state index is 5.63. The van der Waals surface area contributed by atoms with Gasteiger partial charge >= 0.3 is 0 Å². The van der Waals surface area contributed by atoms with Crippen molar-refractivity contribution in [3.8, 4) is 0 Å². The number of nitrogens with zero attached hydrogens (tertiary/aromatic N) is 3. The lowest BCUT2D eigenvalue weighted by Crippen LogP contribution is -2.07. The van der Waals surface area contributed by atoms with Crippen molar-refractivity contribution in [2.24, 2.45) is 0 Å². The van der Waals surface area contributed by atoms with Gasteiger partial charge in [-0.05, 0) is 24.1 Å². The summed E-state index contributed by atoms with van der Waals surface area (Å²) in [6, 6.07) is 7.68. The van der Waals surface area contributed by atoms with Gasteiger partial charge in [0.1, 0.15) is 12.9 Å². The van der Waals surface area contributed by atoms with Crippen LogP contribution in [0.4, 0.5) is 5.69 Å². The Morgan fingerprint density at radius 3 is 2.72 bits per heavy atom. The summed E-state index contributed by atoms with van der Waals surface area (Å²) in [4.78, 5) is 4.19. The molecule has 0 saturated carbocycles. The molecule has 2 rings (SSSR count). The number of hydrogen-bond donors (Lipinski definition) is 1. The van der Waals surface area contributed by atoms with Crippen molar-refractivity contribution in [3.05, 3.63) is 42.0 Å². The van der Waals surface area contributed by atoms with E-state index in [4.69, 9.17) is 10.5 Å². The van der Waals surface area contributed by atoms with E-state index in [1.807, 2.05) is 28.9 Å². The Morgan fingerprint density at radius 2 is 2.00 bits per heavy atom. The molecule has 0 amide bonds. The number of ether oxygens (including phenoxy) is 1. The normalized spacial score (nSPS) is 10.7. The molecule has 0 spiro atoms. The standard InChI is InChI=1S/C13H18N4O/c1-2-7-17-13(15-10-16-17)9-18-8-11-3-5-12(14)6-4-11/h3-6,10H,2,7-9,14H2,1H3. The summed E-state index contributed by atoms with van der Waals surface area (Å²) in [5.41, 5.74) is 7.49. The number of hydrogen-bond acceptors (Lipinski definition) is 4. The van der Waals surface area contributed by atoms with E-state index in [2.05, 4.69) is 17.0 Å². The zero-order chi connectivity index (χ0) is 12.8. The minimum absolute atomic E-state index is 0.477. The zero-order valence-electron chi connectivity index (χ0n) is 10.5. The Balaban J connectivity index is 1.84. The van der Waals surface area contributed by atoms with E-state index in [-0.39, 0.29) is 0 Å². The van der Waals surface area contributed by atoms with Gasteiger partial charge in [-0.2, -0.15) is 5.10 Å². The molecule has 18 heavy (non-hydrogen) atoms. The van der Waals surface area contributed by atoms with Crippen LogP contribution in [0.3, 0.4) is 0 Å². The van der Waals surface area contributed by atoms with Crippen LogP contribution in [0.25, 0.3) is 0 Å². The van der Waals surface area contributed by atoms with Crippen molar-refractivity contribution < 1.29 is 4.74 Å². The summed E-state index contributed by atoms with van der Waals surface area (Å²) < 4.78 is 7.50. The van der Waals surface area contributed by atoms with Gasteiger partial charge in [0.2, 0.25) is 0 Å². The first-order chi connectivity index (χ1) is 8.79. The molecular weight excluding hydrogens is 228 g/mol. The number of anilines is 1. The van der Waals surface area contributed by atoms with E-state index in [1.165, 1.54) is 0 Å². The van der Waals surface area contributed by atoms with Gasteiger partial charge in [0.05, 0.1) is 6.61 Å². The fraction of sp³-hybridized carbons (Fsp3) is 0.385. The van der Waals surface area contributed by atoms with Crippen LogP contribution in [0.15, 0.2) is 30.6 Å². The highest BCUT2D eigenvalue weighted by molar-refractivity contribution is 5.39. The van der Waals surface area contributed by atoms with Gasteiger partial charge in [0.15, 0.2) is 5.82 Å². The third-order valence-electron chi connectivity index (χ3n) is 2.61. The van der Waals surface area contributed by atoms with Crippen LogP contribution < -0.4 is 5.73 Å². The predicted octanol–water partition coefficient (Wildman–Crippen LogP) is 1.99. The van der Waals surface area contributed by atoms with Crippen molar-refractivity contribution in [1.29, 1.82) is 0 Å². The monoisotopic (exact) mass is 246 g/mol. The van der Waals surface area contributed by atoms with Crippen LogP contribution in [-0.2, 0) is 24.5 Å². The molecule has 0 unspecified atom stereocenters. The molecule has 0 atom stereocenters. The van der Waals surface area contributed by atoms with Gasteiger partial charge in [-0.3, -0.25) is 0 Å². The van der Waals surface area contributed by atoms with E-state index in [0.29, 0.717) is 13.2 Å². The minimum Gasteiger partial charge on any atom is -0.399 e. The Bertz CT molecular complexity index is 478. The van der Waals surface area contributed by atoms with E-state index >= 15 is 0 Å². The fourth-order valence-electron chi connectivity index (χ4n) is 1.67. The number of aryl methyl sites for hydroxylation is 1. The molecule has 0 aliphatic carbocycles. The summed E-state index contributed by atoms with van der Waals surface area (Å²) >= 11 is 0. The molecule has 2 aromatic rings. The first-order valence-electron chi connectivity index (χ1n) is 6.08. The highest BCUT2D eigenvalue weighted by Crippen LogP contribution is 2.08. The van der Waals surface area contributed by atoms with Gasteiger partial charge in [0.25, 0.3) is 0 Å². The number of nitrogen functional groups attached to an aromatic ring is 1. The number of benzene rings is 1. The lowest BCUT2D eigenvalue weighted by atomic mass is 10.2. The highest BCUT2D eigenvalue weighted by atomic mass is 16.5. The SMILES string of the molecule is CCCn1ncnc1COCc1ccc(N)cc1. The number of aromatic nitrogens is 3. The van der Waals surface area contributed by atoms with Crippen molar-refractivity contribution in [1.82, 2.24) is 14.8 Å². The molecule has 1 heterocycles. The molecule has 2 N–H and O–H groups in total. The summed E-state index contributed by atoms with van der Waals surface area (Å²) in [7, 11) is 0. The maximum absolute atomic E-state index is 5.63. The van der Waals surface area contributed by atoms with Crippen LogP contribution in [0.5, 0.6) is 0 Å². The van der Waals surface area contributed by atoms with Crippen LogP contribution in [-0.4, -0.2) is 14.8 Å². The van der Waals surface area contributed by atoms with Crippen molar-refractivity contribution in [2.75, 3.05) is 5.73 Å². The molecular formula is C13H18N4O. The Kier molecular flexibility index (Phi) is 4.30. The lowest BCUT2D eigenvalue weighted by molar-refractivity contribution is 0.0984. The average Bonchev–Trinajstić information content (AvgIpc) is 2.80. The van der Waals surface area contributed by atoms with Crippen molar-refractivity contribution in [2.45, 2.75) is 33.1 Å². The topological polar surface area (TPSA) is 66.0 Å². The van der Waals surface area contributed by atoms with Gasteiger partial charge in [0, 0.05) is 12.2 Å². The maximum Gasteiger partial charge on any atom is 0.152 e. The molecule has 0 aliphatic heterocycles. The van der Waals surface area contributed by atoms with Gasteiger partial charge in [-0.15, -0.1) is 0 Å². The number of nitrogens with two attached hydrogens (primary N) is 1. The molecule has 0 bridgehead atoms. The lowest BCUT2D eigenvalue weighted by Gasteiger charge is -2.06. The second-order valence-electron chi connectivity index (χ2n) is 4.13. The molecule has 1 aromatic carbocycles. The molecule has 1 aromatic heterocycles. The largest absolute Gasteiger partial charge is 0.399 e. The van der Waals surface area contributed by atoms with E-state index in [9.17, 15) is 0 Å². The summed E-state index contributed by atoms with van der Waals surface area (Å²) in [5, 5.41) is 4.15. The van der Waals surface area contributed by atoms with Crippen LogP contribution in [0.2, 0.25) is 0 Å². The quantitative estimate of drug-likeness (QED) is 0.791. The van der Waals surface area contributed by atoms with Gasteiger partial charge < -0.3 is 10.5 Å². The predicted molar refractivity (Wildman–Crippen MR) is 69.7 cm³/mol. The second kappa shape index (κ2) is 6.16. The highest BCUT2D eigenvalue weighted by Gasteiger charge is 2.03. The molecule has 0 radical (unpaired) electrons. The average molecular weight is 246 g/mol. The van der Waals surface area contributed by atoms with Crippen molar-refractivity contribution in [3.63, 3.8) is 0 Å². The molecule has 0 fully saturated rings. The Labute approximate surface area is 107 Å². The molecule has 5 heteroatoms. The summed E-state index contributed by atoms with van der Waals surface area (Å²) in [6.07, 6.45) is 2.60. The molecule has 5 nitrogen and oxygen atoms in total. The fourth-order valence-corrected chi connectivity index (χ4v) is 1.67. The molecule has 0 saturated heterocycles. The second-order valence-corrected chi connectivity index (χ2v) is 4.13. The van der Waals surface area contributed by atoms with Crippen LogP contribution in [0, 0.1) is 0 Å². The summed E-state index contributed by atoms with van der Waals surface area (Å²) in [6.45, 7) is 4.02. The van der Waals surface area contributed by atoms with E-state index in [1.54, 1.807) is 6.33 Å². The third-order valence-corrected chi connectivity index (χ3v) is 2.61. The zero-order valence-corrected chi connectivity index (χ0v) is 10.5. The van der Waals surface area contributed by atoms with Gasteiger partial charge in [-0.1, -0.05) is 19.1 Å². The minimum atomic E-state index is 0.477. The van der Waals surface area contributed by atoms with Crippen LogP contribution in [0.1, 0.15) is 24.7 Å². The Hall–Kier alpha value is -1.88. The molecule has 0 aliphatic rings. The molecule has 96 valence electrons. The smallest absolute Gasteiger partial charge is 0.152 e. The van der Waals surface area contributed by atoms with E-state index in [0.717, 1.165) is 30.0 Å². The van der Waals surface area contributed by atoms with Crippen LogP contribution >= 0.6 is 0 Å².